The summed E-state index contributed by atoms with van der Waals surface area (Å²) in [6, 6.07) is 5.44. The van der Waals surface area contributed by atoms with Crippen molar-refractivity contribution in [1.29, 1.82) is 0 Å². The second-order valence-electron chi connectivity index (χ2n) is 8.92. The van der Waals surface area contributed by atoms with Crippen LogP contribution in [-0.4, -0.2) is 87.7 Å². The highest BCUT2D eigenvalue weighted by molar-refractivity contribution is 5.84. The van der Waals surface area contributed by atoms with Crippen molar-refractivity contribution < 1.29 is 27.5 Å². The molecule has 1 saturated heterocycles. The third-order valence-corrected chi connectivity index (χ3v) is 5.74. The van der Waals surface area contributed by atoms with Crippen LogP contribution in [0.25, 0.3) is 16.9 Å². The first-order chi connectivity index (χ1) is 17.6. The zero-order chi connectivity index (χ0) is 26.6. The van der Waals surface area contributed by atoms with Crippen LogP contribution in [0.5, 0.6) is 5.75 Å². The number of amides is 2. The lowest BCUT2D eigenvalue weighted by atomic mass is 10.1. The van der Waals surface area contributed by atoms with Crippen molar-refractivity contribution in [3.8, 4) is 17.0 Å². The summed E-state index contributed by atoms with van der Waals surface area (Å²) >= 11 is 0. The number of rotatable bonds is 8. The maximum absolute atomic E-state index is 12.9. The van der Waals surface area contributed by atoms with E-state index in [2.05, 4.69) is 25.3 Å². The minimum atomic E-state index is -4.78. The lowest BCUT2D eigenvalue weighted by Gasteiger charge is -2.34. The number of alkyl halides is 3. The van der Waals surface area contributed by atoms with E-state index in [0.717, 1.165) is 0 Å². The molecule has 0 radical (unpaired) electrons. The number of imidazole rings is 1. The molecule has 3 heterocycles. The molecule has 0 saturated carbocycles. The SMILES string of the molecule is CC(C)NC(=O)CN1CCN(C(=O)CNc2c(-c3ccc(OC(F)(F)F)cc3)nc3cnccn23)CC1. The fraction of sp³-hybridized carbons (Fsp3) is 0.417. The summed E-state index contributed by atoms with van der Waals surface area (Å²) in [5, 5.41) is 6.01. The van der Waals surface area contributed by atoms with Gasteiger partial charge in [0.15, 0.2) is 5.65 Å². The van der Waals surface area contributed by atoms with Gasteiger partial charge >= 0.3 is 6.36 Å². The van der Waals surface area contributed by atoms with E-state index in [-0.39, 0.29) is 30.2 Å². The molecule has 1 fully saturated rings. The summed E-state index contributed by atoms with van der Waals surface area (Å²) in [7, 11) is 0. The molecular formula is C24H28F3N7O3. The topological polar surface area (TPSA) is 104 Å². The summed E-state index contributed by atoms with van der Waals surface area (Å²) in [5.74, 6) is 0.0191. The minimum Gasteiger partial charge on any atom is -0.406 e. The van der Waals surface area contributed by atoms with Crippen molar-refractivity contribution in [2.45, 2.75) is 26.3 Å². The van der Waals surface area contributed by atoms with Gasteiger partial charge in [-0.05, 0) is 38.1 Å². The molecule has 0 aliphatic carbocycles. The van der Waals surface area contributed by atoms with Crippen molar-refractivity contribution in [2.75, 3.05) is 44.6 Å². The average Bonchev–Trinajstić information content (AvgIpc) is 3.20. The summed E-state index contributed by atoms with van der Waals surface area (Å²) in [6.07, 6.45) is 0.0166. The van der Waals surface area contributed by atoms with Crippen LogP contribution in [0, 0.1) is 0 Å². The molecule has 2 N–H and O–H groups in total. The number of nitrogens with zero attached hydrogens (tertiary/aromatic N) is 5. The highest BCUT2D eigenvalue weighted by atomic mass is 19.4. The van der Waals surface area contributed by atoms with E-state index < -0.39 is 6.36 Å². The van der Waals surface area contributed by atoms with Gasteiger partial charge in [0.05, 0.1) is 19.3 Å². The molecular weight excluding hydrogens is 491 g/mol. The predicted octanol–water partition coefficient (Wildman–Crippen LogP) is 2.38. The van der Waals surface area contributed by atoms with E-state index >= 15 is 0 Å². The van der Waals surface area contributed by atoms with Crippen LogP contribution < -0.4 is 15.4 Å². The summed E-state index contributed by atoms with van der Waals surface area (Å²) in [4.78, 5) is 37.3. The Kier molecular flexibility index (Phi) is 7.81. The van der Waals surface area contributed by atoms with Crippen LogP contribution in [0.15, 0.2) is 42.9 Å². The first-order valence-corrected chi connectivity index (χ1v) is 11.8. The first kappa shape index (κ1) is 26.2. The maximum Gasteiger partial charge on any atom is 0.573 e. The lowest BCUT2D eigenvalue weighted by molar-refractivity contribution is -0.274. The smallest absolute Gasteiger partial charge is 0.406 e. The van der Waals surface area contributed by atoms with Gasteiger partial charge in [0.2, 0.25) is 11.8 Å². The largest absolute Gasteiger partial charge is 0.573 e. The van der Waals surface area contributed by atoms with Gasteiger partial charge in [0, 0.05) is 50.2 Å². The second-order valence-corrected chi connectivity index (χ2v) is 8.92. The van der Waals surface area contributed by atoms with Gasteiger partial charge in [-0.25, -0.2) is 4.98 Å². The number of hydrogen-bond donors (Lipinski definition) is 2. The van der Waals surface area contributed by atoms with Gasteiger partial charge in [0.25, 0.3) is 0 Å². The van der Waals surface area contributed by atoms with Crippen molar-refractivity contribution >= 4 is 23.3 Å². The molecule has 0 atom stereocenters. The Bertz CT molecular complexity index is 1240. The number of benzene rings is 1. The van der Waals surface area contributed by atoms with Crippen LogP contribution >= 0.6 is 0 Å². The Labute approximate surface area is 211 Å². The molecule has 2 amide bonds. The zero-order valence-corrected chi connectivity index (χ0v) is 20.5. The Hall–Kier alpha value is -3.87. The highest BCUT2D eigenvalue weighted by Gasteiger charge is 2.31. The molecule has 1 aromatic carbocycles. The van der Waals surface area contributed by atoms with Crippen LogP contribution in [0.2, 0.25) is 0 Å². The van der Waals surface area contributed by atoms with E-state index in [1.165, 1.54) is 24.3 Å². The fourth-order valence-electron chi connectivity index (χ4n) is 4.09. The van der Waals surface area contributed by atoms with Gasteiger partial charge in [0.1, 0.15) is 17.3 Å². The molecule has 198 valence electrons. The van der Waals surface area contributed by atoms with Crippen molar-refractivity contribution in [2.24, 2.45) is 0 Å². The van der Waals surface area contributed by atoms with Crippen molar-refractivity contribution in [3.05, 3.63) is 42.9 Å². The summed E-state index contributed by atoms with van der Waals surface area (Å²) in [5.41, 5.74) is 1.51. The number of fused-ring (bicyclic) bond motifs is 1. The predicted molar refractivity (Wildman–Crippen MR) is 130 cm³/mol. The number of aromatic nitrogens is 3. The molecule has 10 nitrogen and oxygen atoms in total. The lowest BCUT2D eigenvalue weighted by Crippen LogP contribution is -2.52. The van der Waals surface area contributed by atoms with E-state index in [0.29, 0.717) is 55.4 Å². The van der Waals surface area contributed by atoms with Gasteiger partial charge in [-0.2, -0.15) is 0 Å². The number of halogens is 3. The number of ether oxygens (including phenoxy) is 1. The second kappa shape index (κ2) is 11.0. The first-order valence-electron chi connectivity index (χ1n) is 11.8. The van der Waals surface area contributed by atoms with Gasteiger partial charge in [-0.15, -0.1) is 13.2 Å². The number of piperazine rings is 1. The Morgan fingerprint density at radius 3 is 2.46 bits per heavy atom. The molecule has 13 heteroatoms. The molecule has 1 aliphatic rings. The summed E-state index contributed by atoms with van der Waals surface area (Å²) in [6.45, 7) is 6.29. The molecule has 0 bridgehead atoms. The number of nitrogens with one attached hydrogen (secondary N) is 2. The molecule has 3 aromatic rings. The van der Waals surface area contributed by atoms with Crippen LogP contribution in [0.3, 0.4) is 0 Å². The molecule has 37 heavy (non-hydrogen) atoms. The van der Waals surface area contributed by atoms with Gasteiger partial charge < -0.3 is 20.3 Å². The molecule has 2 aromatic heterocycles. The molecule has 0 unspecified atom stereocenters. The molecule has 0 spiro atoms. The van der Waals surface area contributed by atoms with Crippen LogP contribution in [0.1, 0.15) is 13.8 Å². The van der Waals surface area contributed by atoms with Gasteiger partial charge in [-0.3, -0.25) is 23.9 Å². The van der Waals surface area contributed by atoms with E-state index in [1.54, 1.807) is 27.9 Å². The third-order valence-electron chi connectivity index (χ3n) is 5.74. The van der Waals surface area contributed by atoms with E-state index in [1.807, 2.05) is 18.7 Å². The zero-order valence-electron chi connectivity index (χ0n) is 20.5. The third kappa shape index (κ3) is 6.88. The van der Waals surface area contributed by atoms with Crippen LogP contribution in [0.4, 0.5) is 19.0 Å². The number of anilines is 1. The number of hydrogen-bond acceptors (Lipinski definition) is 7. The van der Waals surface area contributed by atoms with E-state index in [4.69, 9.17) is 0 Å². The monoisotopic (exact) mass is 519 g/mol. The molecule has 4 rings (SSSR count). The van der Waals surface area contributed by atoms with Crippen molar-refractivity contribution in [1.82, 2.24) is 29.5 Å². The van der Waals surface area contributed by atoms with Crippen LogP contribution in [-0.2, 0) is 9.59 Å². The minimum absolute atomic E-state index is 0.00772. The van der Waals surface area contributed by atoms with Crippen molar-refractivity contribution in [3.63, 3.8) is 0 Å². The standard InChI is InChI=1S/C24H28F3N7O3/c1-16(2)30-20(35)15-32-9-11-33(12-10-32)21(36)14-29-23-22(31-19-13-28-7-8-34(19)23)17-3-5-18(6-4-17)37-24(25,26)27/h3-8,13,16,29H,9-12,14-15H2,1-2H3,(H,30,35). The number of carbonyl (C=O) groups excluding carboxylic acids is 2. The van der Waals surface area contributed by atoms with E-state index in [9.17, 15) is 22.8 Å². The molecule has 1 aliphatic heterocycles. The Morgan fingerprint density at radius 1 is 1.11 bits per heavy atom. The fourth-order valence-corrected chi connectivity index (χ4v) is 4.09. The maximum atomic E-state index is 12.9. The highest BCUT2D eigenvalue weighted by Crippen LogP contribution is 2.31. The Balaban J connectivity index is 1.42. The Morgan fingerprint density at radius 2 is 1.81 bits per heavy atom. The normalized spacial score (nSPS) is 14.7. The summed E-state index contributed by atoms with van der Waals surface area (Å²) < 4.78 is 43.2. The van der Waals surface area contributed by atoms with Gasteiger partial charge in [-0.1, -0.05) is 0 Å². The quantitative estimate of drug-likeness (QED) is 0.471. The number of carbonyl (C=O) groups is 2. The average molecular weight is 520 g/mol.